The Bertz CT molecular complexity index is 294. The van der Waals surface area contributed by atoms with Crippen LogP contribution in [0.1, 0.15) is 6.92 Å². The smallest absolute Gasteiger partial charge is 0.335 e. The van der Waals surface area contributed by atoms with E-state index in [0.29, 0.717) is 0 Å². The van der Waals surface area contributed by atoms with Gasteiger partial charge in [0, 0.05) is 7.11 Å². The minimum atomic E-state index is -1.07. The summed E-state index contributed by atoms with van der Waals surface area (Å²) in [5.74, 6) is -0.531. The fourth-order valence-electron chi connectivity index (χ4n) is 2.05. The third-order valence-corrected chi connectivity index (χ3v) is 2.97. The molecule has 6 atom stereocenters. The number of aliphatic hydroxyl groups excluding tert-OH is 2. The summed E-state index contributed by atoms with van der Waals surface area (Å²) in [6, 6.07) is 0. The number of aliphatic hydroxyl groups is 2. The van der Waals surface area contributed by atoms with Gasteiger partial charge in [-0.3, -0.25) is 0 Å². The van der Waals surface area contributed by atoms with E-state index in [9.17, 15) is 15.0 Å². The molecular weight excluding hydrogens is 232 g/mol. The first-order valence-electron chi connectivity index (χ1n) is 5.41. The lowest BCUT2D eigenvalue weighted by Gasteiger charge is -2.46. The Hall–Kier alpha value is -0.730. The third kappa shape index (κ3) is 2.16. The van der Waals surface area contributed by atoms with Gasteiger partial charge in [0.1, 0.15) is 18.3 Å². The molecule has 0 spiro atoms. The fourth-order valence-corrected chi connectivity index (χ4v) is 2.05. The van der Waals surface area contributed by atoms with Crippen molar-refractivity contribution in [3.05, 3.63) is 0 Å². The lowest BCUT2D eigenvalue weighted by molar-refractivity contribution is -0.322. The third-order valence-electron chi connectivity index (χ3n) is 2.97. The van der Waals surface area contributed by atoms with Crippen molar-refractivity contribution < 1.29 is 34.0 Å². The second-order valence-electron chi connectivity index (χ2n) is 4.10. The predicted molar refractivity (Wildman–Crippen MR) is 53.0 cm³/mol. The SMILES string of the molecule is CO[C@H]1O[C@H](CO)[C@@H]2OC(=O)[C@@H](C)O[C@@H]2[C@H]1O. The zero-order valence-corrected chi connectivity index (χ0v) is 9.61. The Labute approximate surface area is 98.2 Å². The monoisotopic (exact) mass is 248 g/mol. The molecule has 17 heavy (non-hydrogen) atoms. The van der Waals surface area contributed by atoms with E-state index in [-0.39, 0.29) is 6.61 Å². The molecule has 2 N–H and O–H groups in total. The number of carbonyl (C=O) groups excluding carboxylic acids is 1. The summed E-state index contributed by atoms with van der Waals surface area (Å²) < 4.78 is 20.7. The largest absolute Gasteiger partial charge is 0.455 e. The average molecular weight is 248 g/mol. The first kappa shape index (κ1) is 12.7. The highest BCUT2D eigenvalue weighted by molar-refractivity contribution is 5.75. The molecule has 2 fully saturated rings. The highest BCUT2D eigenvalue weighted by atomic mass is 16.7. The van der Waals surface area contributed by atoms with Crippen molar-refractivity contribution >= 4 is 5.97 Å². The molecule has 0 saturated carbocycles. The van der Waals surface area contributed by atoms with Crippen LogP contribution in [0.2, 0.25) is 0 Å². The van der Waals surface area contributed by atoms with Crippen molar-refractivity contribution in [3.8, 4) is 0 Å². The van der Waals surface area contributed by atoms with Gasteiger partial charge >= 0.3 is 5.97 Å². The first-order valence-corrected chi connectivity index (χ1v) is 5.41. The van der Waals surface area contributed by atoms with Gasteiger partial charge in [0.05, 0.1) is 6.61 Å². The molecule has 7 heteroatoms. The number of methoxy groups -OCH3 is 1. The molecule has 2 saturated heterocycles. The van der Waals surface area contributed by atoms with Crippen LogP contribution < -0.4 is 0 Å². The number of rotatable bonds is 2. The van der Waals surface area contributed by atoms with E-state index in [0.717, 1.165) is 0 Å². The zero-order valence-electron chi connectivity index (χ0n) is 9.61. The Morgan fingerprint density at radius 3 is 2.65 bits per heavy atom. The second-order valence-corrected chi connectivity index (χ2v) is 4.10. The summed E-state index contributed by atoms with van der Waals surface area (Å²) in [7, 11) is 1.38. The zero-order chi connectivity index (χ0) is 12.6. The predicted octanol–water partition coefficient (Wildman–Crippen LogP) is -1.59. The van der Waals surface area contributed by atoms with Gasteiger partial charge < -0.3 is 29.2 Å². The minimum absolute atomic E-state index is 0.348. The van der Waals surface area contributed by atoms with Crippen molar-refractivity contribution in [3.63, 3.8) is 0 Å². The van der Waals surface area contributed by atoms with Crippen LogP contribution in [0.3, 0.4) is 0 Å². The summed E-state index contributed by atoms with van der Waals surface area (Å²) >= 11 is 0. The van der Waals surface area contributed by atoms with Gasteiger partial charge in [0.25, 0.3) is 0 Å². The number of ether oxygens (including phenoxy) is 4. The maximum absolute atomic E-state index is 11.4. The minimum Gasteiger partial charge on any atom is -0.455 e. The molecule has 2 rings (SSSR count). The molecular formula is C10H16O7. The van der Waals surface area contributed by atoms with Crippen LogP contribution in [0.5, 0.6) is 0 Å². The number of carbonyl (C=O) groups is 1. The maximum atomic E-state index is 11.4. The Kier molecular flexibility index (Phi) is 3.64. The molecule has 2 aliphatic heterocycles. The Balaban J connectivity index is 2.18. The Morgan fingerprint density at radius 1 is 1.35 bits per heavy atom. The molecule has 0 aromatic carbocycles. The van der Waals surface area contributed by atoms with Gasteiger partial charge in [0.15, 0.2) is 18.5 Å². The summed E-state index contributed by atoms with van der Waals surface area (Å²) in [6.45, 7) is 1.19. The van der Waals surface area contributed by atoms with E-state index >= 15 is 0 Å². The summed E-state index contributed by atoms with van der Waals surface area (Å²) in [5, 5.41) is 19.1. The highest BCUT2D eigenvalue weighted by Gasteiger charge is 2.52. The molecule has 0 aliphatic carbocycles. The molecule has 0 bridgehead atoms. The van der Waals surface area contributed by atoms with E-state index in [1.54, 1.807) is 0 Å². The van der Waals surface area contributed by atoms with Crippen LogP contribution in [-0.2, 0) is 23.7 Å². The molecule has 0 aromatic rings. The van der Waals surface area contributed by atoms with E-state index < -0.39 is 42.8 Å². The molecule has 0 aromatic heterocycles. The van der Waals surface area contributed by atoms with Crippen LogP contribution in [0.4, 0.5) is 0 Å². The summed E-state index contributed by atoms with van der Waals surface area (Å²) in [6.07, 6.45) is -5.05. The summed E-state index contributed by atoms with van der Waals surface area (Å²) in [4.78, 5) is 11.4. The number of fused-ring (bicyclic) bond motifs is 1. The van der Waals surface area contributed by atoms with Crippen molar-refractivity contribution in [1.29, 1.82) is 0 Å². The van der Waals surface area contributed by atoms with Gasteiger partial charge in [-0.25, -0.2) is 4.79 Å². The van der Waals surface area contributed by atoms with Crippen molar-refractivity contribution in [2.24, 2.45) is 0 Å². The quantitative estimate of drug-likeness (QED) is 0.569. The van der Waals surface area contributed by atoms with Gasteiger partial charge in [0.2, 0.25) is 0 Å². The van der Waals surface area contributed by atoms with Gasteiger partial charge in [-0.15, -0.1) is 0 Å². The number of hydrogen-bond acceptors (Lipinski definition) is 7. The van der Waals surface area contributed by atoms with Gasteiger partial charge in [-0.05, 0) is 6.92 Å². The lowest BCUT2D eigenvalue weighted by atomic mass is 9.97. The van der Waals surface area contributed by atoms with E-state index in [2.05, 4.69) is 0 Å². The molecule has 2 aliphatic rings. The Morgan fingerprint density at radius 2 is 2.06 bits per heavy atom. The van der Waals surface area contributed by atoms with Crippen molar-refractivity contribution in [2.45, 2.75) is 43.7 Å². The molecule has 2 heterocycles. The number of hydrogen-bond donors (Lipinski definition) is 2. The van der Waals surface area contributed by atoms with Crippen LogP contribution >= 0.6 is 0 Å². The molecule has 7 nitrogen and oxygen atoms in total. The van der Waals surface area contributed by atoms with Crippen molar-refractivity contribution in [2.75, 3.05) is 13.7 Å². The normalized spacial score (nSPS) is 46.2. The molecule has 98 valence electrons. The van der Waals surface area contributed by atoms with Crippen LogP contribution in [0, 0.1) is 0 Å². The highest BCUT2D eigenvalue weighted by Crippen LogP contribution is 2.30. The lowest BCUT2D eigenvalue weighted by Crippen LogP contribution is -2.64. The van der Waals surface area contributed by atoms with Gasteiger partial charge in [-0.1, -0.05) is 0 Å². The van der Waals surface area contributed by atoms with E-state index in [1.807, 2.05) is 0 Å². The summed E-state index contributed by atoms with van der Waals surface area (Å²) in [5.41, 5.74) is 0. The molecule has 0 amide bonds. The van der Waals surface area contributed by atoms with Crippen LogP contribution in [0.25, 0.3) is 0 Å². The average Bonchev–Trinajstić information content (AvgIpc) is 2.32. The standard InChI is InChI=1S/C10H16O7/c1-4-9(13)17-7-5(3-11)16-10(14-2)6(12)8(7)15-4/h4-8,10-12H,3H2,1-2H3/t4-,5-,6-,7+,8-,10+/m1/s1. The first-order chi connectivity index (χ1) is 8.08. The fraction of sp³-hybridized carbons (Fsp3) is 0.900. The molecule has 0 unspecified atom stereocenters. The molecule has 0 radical (unpaired) electrons. The van der Waals surface area contributed by atoms with E-state index in [4.69, 9.17) is 18.9 Å². The maximum Gasteiger partial charge on any atom is 0.335 e. The van der Waals surface area contributed by atoms with Gasteiger partial charge in [-0.2, -0.15) is 0 Å². The topological polar surface area (TPSA) is 94.5 Å². The van der Waals surface area contributed by atoms with Crippen molar-refractivity contribution in [1.82, 2.24) is 0 Å². The van der Waals surface area contributed by atoms with E-state index in [1.165, 1.54) is 14.0 Å². The van der Waals surface area contributed by atoms with Crippen LogP contribution in [0.15, 0.2) is 0 Å². The number of esters is 1. The second kappa shape index (κ2) is 4.87. The van der Waals surface area contributed by atoms with Crippen LogP contribution in [-0.4, -0.2) is 66.7 Å².